The topological polar surface area (TPSA) is 134 Å². The Morgan fingerprint density at radius 1 is 1.33 bits per heavy atom. The normalized spacial score (nSPS) is 10.3. The van der Waals surface area contributed by atoms with Crippen LogP contribution in [0.15, 0.2) is 29.4 Å². The van der Waals surface area contributed by atoms with Crippen LogP contribution in [0.4, 0.5) is 10.5 Å². The average Bonchev–Trinajstić information content (AvgIpc) is 2.44. The number of hydrazone groups is 1. The Balaban J connectivity index is 2.31. The van der Waals surface area contributed by atoms with E-state index in [-0.39, 0.29) is 18.7 Å². The first kappa shape index (κ1) is 16.1. The number of nitrogens with one attached hydrogen (secondary N) is 2. The minimum absolute atomic E-state index is 0.0215. The van der Waals surface area contributed by atoms with Gasteiger partial charge < -0.3 is 10.4 Å². The summed E-state index contributed by atoms with van der Waals surface area (Å²) >= 11 is 0. The first-order chi connectivity index (χ1) is 9.99. The van der Waals surface area contributed by atoms with Crippen LogP contribution in [0.1, 0.15) is 18.4 Å². The van der Waals surface area contributed by atoms with Gasteiger partial charge in [0.05, 0.1) is 11.1 Å². The molecule has 21 heavy (non-hydrogen) atoms. The van der Waals surface area contributed by atoms with E-state index in [1.165, 1.54) is 30.5 Å². The van der Waals surface area contributed by atoms with Crippen molar-refractivity contribution in [1.82, 2.24) is 10.7 Å². The maximum atomic E-state index is 11.2. The first-order valence-corrected chi connectivity index (χ1v) is 6.02. The molecule has 9 heteroatoms. The number of benzene rings is 1. The summed E-state index contributed by atoms with van der Waals surface area (Å²) in [4.78, 5) is 31.4. The Hall–Kier alpha value is -2.97. The van der Waals surface area contributed by atoms with E-state index in [1.807, 2.05) is 0 Å². The number of carboxylic acid groups (broad SMARTS) is 1. The van der Waals surface area contributed by atoms with Crippen molar-refractivity contribution < 1.29 is 19.6 Å². The third-order valence-corrected chi connectivity index (χ3v) is 2.34. The van der Waals surface area contributed by atoms with E-state index >= 15 is 0 Å². The highest BCUT2D eigenvalue weighted by atomic mass is 16.6. The number of non-ortho nitro benzene ring substituents is 1. The molecular weight excluding hydrogens is 280 g/mol. The number of hydrogen-bond acceptors (Lipinski definition) is 5. The number of carbonyl (C=O) groups excluding carboxylic acids is 1. The lowest BCUT2D eigenvalue weighted by Gasteiger charge is -2.02. The highest BCUT2D eigenvalue weighted by Crippen LogP contribution is 2.10. The Morgan fingerprint density at radius 3 is 2.57 bits per heavy atom. The summed E-state index contributed by atoms with van der Waals surface area (Å²) in [6.45, 7) is 0.227. The van der Waals surface area contributed by atoms with Crippen molar-refractivity contribution >= 4 is 23.9 Å². The zero-order valence-corrected chi connectivity index (χ0v) is 11.0. The summed E-state index contributed by atoms with van der Waals surface area (Å²) in [5.74, 6) is -0.923. The maximum absolute atomic E-state index is 11.2. The van der Waals surface area contributed by atoms with E-state index in [0.717, 1.165) is 0 Å². The first-order valence-electron chi connectivity index (χ1n) is 6.02. The second kappa shape index (κ2) is 8.25. The molecular formula is C12H14N4O5. The summed E-state index contributed by atoms with van der Waals surface area (Å²) < 4.78 is 0. The van der Waals surface area contributed by atoms with Gasteiger partial charge in [0.1, 0.15) is 0 Å². The number of nitro benzene ring substituents is 1. The van der Waals surface area contributed by atoms with Gasteiger partial charge in [-0.25, -0.2) is 10.2 Å². The van der Waals surface area contributed by atoms with Crippen LogP contribution in [-0.4, -0.2) is 34.8 Å². The predicted octanol–water partition coefficient (Wildman–Crippen LogP) is 1.09. The van der Waals surface area contributed by atoms with Crippen LogP contribution in [0.2, 0.25) is 0 Å². The van der Waals surface area contributed by atoms with E-state index < -0.39 is 16.9 Å². The highest BCUT2D eigenvalue weighted by molar-refractivity contribution is 5.82. The highest BCUT2D eigenvalue weighted by Gasteiger charge is 2.03. The number of urea groups is 1. The molecule has 112 valence electrons. The van der Waals surface area contributed by atoms with E-state index in [2.05, 4.69) is 15.8 Å². The second-order valence-corrected chi connectivity index (χ2v) is 3.97. The zero-order valence-electron chi connectivity index (χ0n) is 11.0. The third-order valence-electron chi connectivity index (χ3n) is 2.34. The number of carbonyl (C=O) groups is 2. The minimum Gasteiger partial charge on any atom is -0.481 e. The molecule has 1 aromatic carbocycles. The molecule has 0 aliphatic carbocycles. The maximum Gasteiger partial charge on any atom is 0.335 e. The summed E-state index contributed by atoms with van der Waals surface area (Å²) in [7, 11) is 0. The molecule has 0 saturated carbocycles. The second-order valence-electron chi connectivity index (χ2n) is 3.97. The Bertz CT molecular complexity index is 541. The van der Waals surface area contributed by atoms with Crippen LogP contribution in [-0.2, 0) is 4.79 Å². The fourth-order valence-corrected chi connectivity index (χ4v) is 1.33. The smallest absolute Gasteiger partial charge is 0.335 e. The van der Waals surface area contributed by atoms with Crippen molar-refractivity contribution in [3.8, 4) is 0 Å². The van der Waals surface area contributed by atoms with Gasteiger partial charge in [0.2, 0.25) is 0 Å². The van der Waals surface area contributed by atoms with Gasteiger partial charge in [-0.3, -0.25) is 14.9 Å². The third kappa shape index (κ3) is 6.66. The molecule has 0 atom stereocenters. The Morgan fingerprint density at radius 2 is 2.00 bits per heavy atom. The summed E-state index contributed by atoms with van der Waals surface area (Å²) in [5, 5.41) is 24.9. The molecule has 2 amide bonds. The van der Waals surface area contributed by atoms with Crippen molar-refractivity contribution in [3.63, 3.8) is 0 Å². The van der Waals surface area contributed by atoms with Crippen molar-refractivity contribution in [2.75, 3.05) is 6.54 Å². The fraction of sp³-hybridized carbons (Fsp3) is 0.250. The molecule has 0 bridgehead atoms. The SMILES string of the molecule is O=C(O)CCCNC(=O)N/N=C/c1ccc([N+](=O)[O-])cc1. The predicted molar refractivity (Wildman–Crippen MR) is 74.1 cm³/mol. The molecule has 0 radical (unpaired) electrons. The molecule has 0 saturated heterocycles. The molecule has 0 heterocycles. The van der Waals surface area contributed by atoms with Gasteiger partial charge in [-0.15, -0.1) is 0 Å². The molecule has 0 unspecified atom stereocenters. The Labute approximate surface area is 119 Å². The number of nitro groups is 1. The lowest BCUT2D eigenvalue weighted by atomic mass is 10.2. The van der Waals surface area contributed by atoms with Crippen LogP contribution in [0, 0.1) is 10.1 Å². The molecule has 9 nitrogen and oxygen atoms in total. The lowest BCUT2D eigenvalue weighted by molar-refractivity contribution is -0.384. The van der Waals surface area contributed by atoms with Gasteiger partial charge in [-0.1, -0.05) is 0 Å². The number of carboxylic acids is 1. The van der Waals surface area contributed by atoms with Crippen molar-refractivity contribution in [2.45, 2.75) is 12.8 Å². The monoisotopic (exact) mass is 294 g/mol. The standard InChI is InChI=1S/C12H14N4O5/c17-11(18)2-1-7-13-12(19)15-14-8-9-3-5-10(6-4-9)16(20)21/h3-6,8H,1-2,7H2,(H,17,18)(H2,13,15,19)/b14-8+. The molecule has 3 N–H and O–H groups in total. The van der Waals surface area contributed by atoms with Gasteiger partial charge in [0.15, 0.2) is 0 Å². The van der Waals surface area contributed by atoms with Crippen molar-refractivity contribution in [1.29, 1.82) is 0 Å². The van der Waals surface area contributed by atoms with Crippen LogP contribution in [0.3, 0.4) is 0 Å². The van der Waals surface area contributed by atoms with Gasteiger partial charge in [0.25, 0.3) is 5.69 Å². The number of nitrogens with zero attached hydrogens (tertiary/aromatic N) is 2. The molecule has 1 aromatic rings. The van der Waals surface area contributed by atoms with Gasteiger partial charge in [0, 0.05) is 25.1 Å². The van der Waals surface area contributed by atoms with E-state index in [9.17, 15) is 19.7 Å². The molecule has 1 rings (SSSR count). The van der Waals surface area contributed by atoms with Gasteiger partial charge >= 0.3 is 12.0 Å². The number of aliphatic carboxylic acids is 1. The van der Waals surface area contributed by atoms with Crippen molar-refractivity contribution in [2.24, 2.45) is 5.10 Å². The Kier molecular flexibility index (Phi) is 6.32. The largest absolute Gasteiger partial charge is 0.481 e. The molecule has 0 aliphatic heterocycles. The van der Waals surface area contributed by atoms with E-state index in [1.54, 1.807) is 0 Å². The van der Waals surface area contributed by atoms with Gasteiger partial charge in [-0.2, -0.15) is 5.10 Å². The molecule has 0 spiro atoms. The summed E-state index contributed by atoms with van der Waals surface area (Å²) in [6, 6.07) is 5.08. The van der Waals surface area contributed by atoms with E-state index in [4.69, 9.17) is 5.11 Å². The fourth-order valence-electron chi connectivity index (χ4n) is 1.33. The van der Waals surface area contributed by atoms with Crippen LogP contribution in [0.5, 0.6) is 0 Å². The number of amides is 2. The molecule has 0 fully saturated rings. The van der Waals surface area contributed by atoms with Crippen LogP contribution < -0.4 is 10.7 Å². The summed E-state index contributed by atoms with van der Waals surface area (Å²) in [5.41, 5.74) is 2.75. The van der Waals surface area contributed by atoms with Gasteiger partial charge in [-0.05, 0) is 24.1 Å². The van der Waals surface area contributed by atoms with Crippen molar-refractivity contribution in [3.05, 3.63) is 39.9 Å². The zero-order chi connectivity index (χ0) is 15.7. The number of rotatable bonds is 7. The van der Waals surface area contributed by atoms with Crippen LogP contribution in [0.25, 0.3) is 0 Å². The van der Waals surface area contributed by atoms with Crippen LogP contribution >= 0.6 is 0 Å². The number of hydrogen-bond donors (Lipinski definition) is 3. The summed E-state index contributed by atoms with van der Waals surface area (Å²) in [6.07, 6.45) is 1.64. The molecule has 0 aliphatic rings. The minimum atomic E-state index is -0.923. The lowest BCUT2D eigenvalue weighted by Crippen LogP contribution is -2.33. The average molecular weight is 294 g/mol. The van der Waals surface area contributed by atoms with E-state index in [0.29, 0.717) is 12.0 Å². The molecule has 0 aromatic heterocycles. The quantitative estimate of drug-likeness (QED) is 0.299.